The van der Waals surface area contributed by atoms with Crippen LogP contribution in [0.4, 0.5) is 4.39 Å². The van der Waals surface area contributed by atoms with E-state index in [-0.39, 0.29) is 11.8 Å². The lowest BCUT2D eigenvalue weighted by atomic mass is 9.77. The third kappa shape index (κ3) is 2.43. The Balaban J connectivity index is 1.83. The van der Waals surface area contributed by atoms with Crippen molar-refractivity contribution < 1.29 is 4.39 Å². The summed E-state index contributed by atoms with van der Waals surface area (Å²) in [6.07, 6.45) is 9.97. The summed E-state index contributed by atoms with van der Waals surface area (Å²) in [7, 11) is 0. The normalized spacial score (nSPS) is 38.5. The van der Waals surface area contributed by atoms with Gasteiger partial charge in [0.05, 0.1) is 0 Å². The van der Waals surface area contributed by atoms with Crippen LogP contribution in [-0.4, -0.2) is 12.7 Å². The molecule has 3 rings (SSSR count). The first-order valence-corrected chi connectivity index (χ1v) is 7.41. The van der Waals surface area contributed by atoms with Crippen molar-refractivity contribution in [3.63, 3.8) is 0 Å². The van der Waals surface area contributed by atoms with Gasteiger partial charge in [0, 0.05) is 35.7 Å². The molecular formula is C16H23FN2. The van der Waals surface area contributed by atoms with E-state index in [1.54, 1.807) is 0 Å². The van der Waals surface area contributed by atoms with E-state index in [0.717, 1.165) is 12.2 Å². The van der Waals surface area contributed by atoms with Gasteiger partial charge in [0.1, 0.15) is 6.17 Å². The monoisotopic (exact) mass is 262 g/mol. The maximum absolute atomic E-state index is 13.9. The topological polar surface area (TPSA) is 38.0 Å². The molecule has 2 nitrogen and oxygen atoms in total. The molecule has 19 heavy (non-hydrogen) atoms. The highest BCUT2D eigenvalue weighted by Crippen LogP contribution is 2.37. The van der Waals surface area contributed by atoms with E-state index in [4.69, 9.17) is 5.73 Å². The largest absolute Gasteiger partial charge is 0.402 e. The number of rotatable bonds is 1. The second-order valence-electron chi connectivity index (χ2n) is 6.12. The van der Waals surface area contributed by atoms with Gasteiger partial charge in [-0.2, -0.15) is 0 Å². The maximum Gasteiger partial charge on any atom is 0.107 e. The fourth-order valence-corrected chi connectivity index (χ4v) is 3.50. The molecule has 3 aliphatic rings. The summed E-state index contributed by atoms with van der Waals surface area (Å²) >= 11 is 0. The smallest absolute Gasteiger partial charge is 0.107 e. The van der Waals surface area contributed by atoms with Crippen molar-refractivity contribution in [3.05, 3.63) is 35.2 Å². The predicted molar refractivity (Wildman–Crippen MR) is 75.9 cm³/mol. The summed E-state index contributed by atoms with van der Waals surface area (Å²) in [6, 6.07) is 0. The number of allylic oxidation sites excluding steroid dienone is 4. The number of hydrogen-bond donors (Lipinski definition) is 2. The molecule has 0 radical (unpaired) electrons. The van der Waals surface area contributed by atoms with Crippen LogP contribution in [0.25, 0.3) is 0 Å². The second kappa shape index (κ2) is 5.03. The fourth-order valence-electron chi connectivity index (χ4n) is 3.50. The number of hydrogen-bond acceptors (Lipinski definition) is 2. The van der Waals surface area contributed by atoms with Crippen LogP contribution in [0.15, 0.2) is 35.2 Å². The van der Waals surface area contributed by atoms with Gasteiger partial charge in [0.25, 0.3) is 0 Å². The number of halogens is 1. The minimum absolute atomic E-state index is 0.0430. The zero-order valence-corrected chi connectivity index (χ0v) is 11.5. The molecule has 3 heteroatoms. The average molecular weight is 262 g/mol. The molecule has 0 amide bonds. The molecule has 1 aliphatic heterocycles. The Labute approximate surface area is 114 Å². The van der Waals surface area contributed by atoms with Gasteiger partial charge in [-0.25, -0.2) is 4.39 Å². The van der Waals surface area contributed by atoms with Gasteiger partial charge < -0.3 is 11.1 Å². The molecular weight excluding hydrogens is 239 g/mol. The van der Waals surface area contributed by atoms with Gasteiger partial charge >= 0.3 is 0 Å². The summed E-state index contributed by atoms with van der Waals surface area (Å²) < 4.78 is 13.9. The molecule has 3 N–H and O–H groups in total. The Morgan fingerprint density at radius 2 is 2.21 bits per heavy atom. The van der Waals surface area contributed by atoms with Crippen molar-refractivity contribution in [3.8, 4) is 0 Å². The van der Waals surface area contributed by atoms with Crippen molar-refractivity contribution in [2.75, 3.05) is 6.54 Å². The van der Waals surface area contributed by atoms with Crippen LogP contribution >= 0.6 is 0 Å². The van der Waals surface area contributed by atoms with Gasteiger partial charge in [-0.15, -0.1) is 0 Å². The lowest BCUT2D eigenvalue weighted by Gasteiger charge is -2.35. The van der Waals surface area contributed by atoms with Gasteiger partial charge in [0.2, 0.25) is 0 Å². The molecule has 1 heterocycles. The highest BCUT2D eigenvalue weighted by molar-refractivity contribution is 5.31. The van der Waals surface area contributed by atoms with E-state index in [9.17, 15) is 4.39 Å². The minimum atomic E-state index is -0.763. The van der Waals surface area contributed by atoms with E-state index in [2.05, 4.69) is 17.5 Å². The van der Waals surface area contributed by atoms with Crippen molar-refractivity contribution in [2.24, 2.45) is 23.5 Å². The molecule has 0 aromatic heterocycles. The van der Waals surface area contributed by atoms with E-state index in [1.807, 2.05) is 13.0 Å². The Hall–Kier alpha value is -1.25. The lowest BCUT2D eigenvalue weighted by Crippen LogP contribution is -2.35. The van der Waals surface area contributed by atoms with Crippen LogP contribution in [0.3, 0.4) is 0 Å². The molecule has 0 aromatic rings. The van der Waals surface area contributed by atoms with Crippen LogP contribution < -0.4 is 11.1 Å². The Morgan fingerprint density at radius 3 is 3.05 bits per heavy atom. The fraction of sp³-hybridized carbons (Fsp3) is 0.625. The third-order valence-corrected chi connectivity index (χ3v) is 4.73. The minimum Gasteiger partial charge on any atom is -0.402 e. The molecule has 0 fully saturated rings. The first-order valence-electron chi connectivity index (χ1n) is 7.41. The number of fused-ring (bicyclic) bond motifs is 1. The van der Waals surface area contributed by atoms with E-state index in [0.29, 0.717) is 12.3 Å². The number of nitrogens with one attached hydrogen (secondary N) is 1. The summed E-state index contributed by atoms with van der Waals surface area (Å²) in [5.74, 6) is 0.559. The Bertz CT molecular complexity index is 450. The third-order valence-electron chi connectivity index (χ3n) is 4.73. The van der Waals surface area contributed by atoms with Crippen LogP contribution in [0, 0.1) is 17.8 Å². The maximum atomic E-state index is 13.9. The quantitative estimate of drug-likeness (QED) is 0.713. The van der Waals surface area contributed by atoms with Crippen molar-refractivity contribution in [2.45, 2.75) is 38.8 Å². The molecule has 0 bridgehead atoms. The summed E-state index contributed by atoms with van der Waals surface area (Å²) in [4.78, 5) is 0. The zero-order valence-electron chi connectivity index (χ0n) is 11.5. The summed E-state index contributed by atoms with van der Waals surface area (Å²) in [6.45, 7) is 2.73. The molecule has 2 aliphatic carbocycles. The first-order chi connectivity index (χ1) is 9.15. The van der Waals surface area contributed by atoms with Gasteiger partial charge in [-0.3, -0.25) is 0 Å². The highest BCUT2D eigenvalue weighted by Gasteiger charge is 2.32. The number of alkyl halides is 1. The SMILES string of the molecule is C[C@@H]1C=C(N)C(C2=CC3CCCC=C3NC2)CC1F. The predicted octanol–water partition coefficient (Wildman–Crippen LogP) is 3.04. The Kier molecular flexibility index (Phi) is 3.38. The van der Waals surface area contributed by atoms with Gasteiger partial charge in [0.15, 0.2) is 0 Å². The van der Waals surface area contributed by atoms with Gasteiger partial charge in [-0.1, -0.05) is 25.2 Å². The molecule has 3 unspecified atom stereocenters. The molecule has 0 spiro atoms. The summed E-state index contributed by atoms with van der Waals surface area (Å²) in [5.41, 5.74) is 9.65. The van der Waals surface area contributed by atoms with Crippen LogP contribution in [0.5, 0.6) is 0 Å². The van der Waals surface area contributed by atoms with E-state index in [1.165, 1.54) is 30.5 Å². The van der Waals surface area contributed by atoms with Crippen molar-refractivity contribution in [1.29, 1.82) is 0 Å². The summed E-state index contributed by atoms with van der Waals surface area (Å²) in [5, 5.41) is 3.50. The second-order valence-corrected chi connectivity index (χ2v) is 6.12. The molecule has 104 valence electrons. The number of nitrogens with two attached hydrogens (primary N) is 1. The lowest BCUT2D eigenvalue weighted by molar-refractivity contribution is 0.225. The molecule has 0 saturated carbocycles. The standard InChI is InChI=1S/C16H23FN2/c1-10-6-15(18)13(8-14(10)17)12-7-11-4-2-3-5-16(11)19-9-12/h5-7,10-11,13-14,19H,2-4,8-9,18H2,1H3/t10-,11?,13?,14?/m1/s1. The average Bonchev–Trinajstić information content (AvgIpc) is 2.42. The molecule has 4 atom stereocenters. The van der Waals surface area contributed by atoms with Crippen molar-refractivity contribution >= 4 is 0 Å². The molecule has 0 aromatic carbocycles. The first kappa shape index (κ1) is 12.8. The highest BCUT2D eigenvalue weighted by atomic mass is 19.1. The van der Waals surface area contributed by atoms with Crippen LogP contribution in [0.1, 0.15) is 32.6 Å². The molecule has 0 saturated heterocycles. The van der Waals surface area contributed by atoms with Crippen molar-refractivity contribution in [1.82, 2.24) is 5.32 Å². The van der Waals surface area contributed by atoms with Gasteiger partial charge in [-0.05, 0) is 31.3 Å². The Morgan fingerprint density at radius 1 is 1.37 bits per heavy atom. The van der Waals surface area contributed by atoms with Crippen LogP contribution in [0.2, 0.25) is 0 Å². The van der Waals surface area contributed by atoms with Crippen LogP contribution in [-0.2, 0) is 0 Å². The zero-order chi connectivity index (χ0) is 13.4. The van der Waals surface area contributed by atoms with E-state index >= 15 is 0 Å². The van der Waals surface area contributed by atoms with E-state index < -0.39 is 6.17 Å².